The molecule has 0 heterocycles. The average Bonchev–Trinajstić information content (AvgIpc) is 2.92. The predicted octanol–water partition coefficient (Wildman–Crippen LogP) is 2.31. The van der Waals surface area contributed by atoms with E-state index in [2.05, 4.69) is 24.1 Å². The third-order valence-corrected chi connectivity index (χ3v) is 4.22. The molecule has 0 aromatic heterocycles. The average molecular weight is 284 g/mol. The van der Waals surface area contributed by atoms with E-state index in [-0.39, 0.29) is 18.6 Å². The van der Waals surface area contributed by atoms with Crippen LogP contribution in [-0.2, 0) is 4.79 Å². The first-order valence-corrected chi connectivity index (χ1v) is 8.31. The molecule has 1 rings (SSSR count). The zero-order valence-electron chi connectivity index (χ0n) is 13.2. The van der Waals surface area contributed by atoms with Crippen LogP contribution in [0.2, 0.25) is 0 Å². The Morgan fingerprint density at radius 2 is 2.05 bits per heavy atom. The minimum Gasteiger partial charge on any atom is -0.395 e. The van der Waals surface area contributed by atoms with Gasteiger partial charge in [-0.1, -0.05) is 39.0 Å². The Morgan fingerprint density at radius 3 is 2.65 bits per heavy atom. The van der Waals surface area contributed by atoms with Gasteiger partial charge in [0.2, 0.25) is 5.91 Å². The van der Waals surface area contributed by atoms with Crippen LogP contribution in [0.5, 0.6) is 0 Å². The molecule has 0 aromatic rings. The number of nitrogens with zero attached hydrogens (tertiary/aromatic N) is 1. The number of nitrogens with one attached hydrogen (secondary N) is 1. The van der Waals surface area contributed by atoms with Gasteiger partial charge in [-0.05, 0) is 26.2 Å². The summed E-state index contributed by atoms with van der Waals surface area (Å²) in [5, 5.41) is 12.3. The topological polar surface area (TPSA) is 52.6 Å². The zero-order chi connectivity index (χ0) is 14.8. The highest BCUT2D eigenvalue weighted by atomic mass is 16.3. The monoisotopic (exact) mass is 284 g/mol. The number of carbonyl (C=O) groups excluding carboxylic acids is 1. The van der Waals surface area contributed by atoms with E-state index in [4.69, 9.17) is 5.11 Å². The molecule has 0 saturated heterocycles. The highest BCUT2D eigenvalue weighted by molar-refractivity contribution is 5.78. The molecule has 0 aromatic carbocycles. The van der Waals surface area contributed by atoms with E-state index in [0.717, 1.165) is 6.42 Å². The number of hydrogen-bond donors (Lipinski definition) is 2. The fraction of sp³-hybridized carbons (Fsp3) is 0.938. The van der Waals surface area contributed by atoms with Gasteiger partial charge in [0.25, 0.3) is 0 Å². The quantitative estimate of drug-likeness (QED) is 0.605. The van der Waals surface area contributed by atoms with Crippen molar-refractivity contribution in [2.24, 2.45) is 0 Å². The number of rotatable bonds is 10. The number of amides is 1. The fourth-order valence-corrected chi connectivity index (χ4v) is 3.07. The minimum atomic E-state index is 0.106. The van der Waals surface area contributed by atoms with Crippen LogP contribution in [0.4, 0.5) is 0 Å². The standard InChI is InChI=1S/C16H32N2O2/c1-3-4-5-8-14(2)17-16(20)13-18(11-12-19)15-9-6-7-10-15/h14-15,19H,3-13H2,1-2H3,(H,17,20). The summed E-state index contributed by atoms with van der Waals surface area (Å²) in [6.45, 7) is 5.46. The molecule has 1 fully saturated rings. The lowest BCUT2D eigenvalue weighted by atomic mass is 10.1. The summed E-state index contributed by atoms with van der Waals surface area (Å²) < 4.78 is 0. The predicted molar refractivity (Wildman–Crippen MR) is 82.7 cm³/mol. The zero-order valence-corrected chi connectivity index (χ0v) is 13.2. The first-order valence-electron chi connectivity index (χ1n) is 8.31. The molecule has 1 atom stereocenters. The highest BCUT2D eigenvalue weighted by Crippen LogP contribution is 2.22. The van der Waals surface area contributed by atoms with Crippen molar-refractivity contribution in [1.82, 2.24) is 10.2 Å². The summed E-state index contributed by atoms with van der Waals surface area (Å²) in [5.74, 6) is 0.106. The smallest absolute Gasteiger partial charge is 0.234 e. The molecule has 0 radical (unpaired) electrons. The second-order valence-corrected chi connectivity index (χ2v) is 6.10. The molecular weight excluding hydrogens is 252 g/mol. The molecule has 0 spiro atoms. The van der Waals surface area contributed by atoms with Gasteiger partial charge in [0.15, 0.2) is 0 Å². The summed E-state index contributed by atoms with van der Waals surface area (Å²) in [4.78, 5) is 14.2. The van der Waals surface area contributed by atoms with E-state index in [1.165, 1.54) is 44.9 Å². The summed E-state index contributed by atoms with van der Waals surface area (Å²) >= 11 is 0. The lowest BCUT2D eigenvalue weighted by Gasteiger charge is -2.28. The summed E-state index contributed by atoms with van der Waals surface area (Å²) in [5.41, 5.74) is 0. The van der Waals surface area contributed by atoms with Crippen molar-refractivity contribution in [3.05, 3.63) is 0 Å². The molecule has 1 aliphatic carbocycles. The number of carbonyl (C=O) groups is 1. The molecule has 0 bridgehead atoms. The molecule has 1 saturated carbocycles. The van der Waals surface area contributed by atoms with Crippen LogP contribution >= 0.6 is 0 Å². The van der Waals surface area contributed by atoms with Gasteiger partial charge in [-0.25, -0.2) is 0 Å². The number of hydrogen-bond acceptors (Lipinski definition) is 3. The number of aliphatic hydroxyl groups excluding tert-OH is 1. The number of aliphatic hydroxyl groups is 1. The molecule has 2 N–H and O–H groups in total. The lowest BCUT2D eigenvalue weighted by molar-refractivity contribution is -0.123. The van der Waals surface area contributed by atoms with E-state index in [1.807, 2.05) is 0 Å². The van der Waals surface area contributed by atoms with Gasteiger partial charge < -0.3 is 10.4 Å². The Labute approximate surface area is 123 Å². The Balaban J connectivity index is 2.29. The molecule has 0 aliphatic heterocycles. The van der Waals surface area contributed by atoms with Crippen molar-refractivity contribution in [3.63, 3.8) is 0 Å². The molecule has 1 unspecified atom stereocenters. The second-order valence-electron chi connectivity index (χ2n) is 6.10. The molecule has 118 valence electrons. The molecule has 1 amide bonds. The molecule has 1 aliphatic rings. The van der Waals surface area contributed by atoms with E-state index in [1.54, 1.807) is 0 Å². The van der Waals surface area contributed by atoms with Crippen molar-refractivity contribution in [2.45, 2.75) is 77.3 Å². The van der Waals surface area contributed by atoms with Crippen LogP contribution < -0.4 is 5.32 Å². The van der Waals surface area contributed by atoms with Crippen LogP contribution in [-0.4, -0.2) is 47.7 Å². The van der Waals surface area contributed by atoms with E-state index < -0.39 is 0 Å². The van der Waals surface area contributed by atoms with Crippen LogP contribution in [0, 0.1) is 0 Å². The molecule has 4 heteroatoms. The largest absolute Gasteiger partial charge is 0.395 e. The fourth-order valence-electron chi connectivity index (χ4n) is 3.07. The maximum absolute atomic E-state index is 12.1. The third-order valence-electron chi connectivity index (χ3n) is 4.22. The van der Waals surface area contributed by atoms with Gasteiger partial charge in [-0.2, -0.15) is 0 Å². The van der Waals surface area contributed by atoms with Gasteiger partial charge in [-0.3, -0.25) is 9.69 Å². The first-order chi connectivity index (χ1) is 9.67. The van der Waals surface area contributed by atoms with Crippen molar-refractivity contribution < 1.29 is 9.90 Å². The Morgan fingerprint density at radius 1 is 1.35 bits per heavy atom. The SMILES string of the molecule is CCCCCC(C)NC(=O)CN(CCO)C1CCCC1. The van der Waals surface area contributed by atoms with Crippen molar-refractivity contribution in [1.29, 1.82) is 0 Å². The van der Waals surface area contributed by atoms with E-state index in [0.29, 0.717) is 19.1 Å². The minimum absolute atomic E-state index is 0.106. The maximum Gasteiger partial charge on any atom is 0.234 e. The van der Waals surface area contributed by atoms with Crippen molar-refractivity contribution >= 4 is 5.91 Å². The molecular formula is C16H32N2O2. The van der Waals surface area contributed by atoms with Gasteiger partial charge in [-0.15, -0.1) is 0 Å². The summed E-state index contributed by atoms with van der Waals surface area (Å²) in [6, 6.07) is 0.747. The first kappa shape index (κ1) is 17.4. The number of unbranched alkanes of at least 4 members (excludes halogenated alkanes) is 2. The Kier molecular flexibility index (Phi) is 8.86. The molecule has 20 heavy (non-hydrogen) atoms. The van der Waals surface area contributed by atoms with Gasteiger partial charge in [0, 0.05) is 18.6 Å². The molecule has 4 nitrogen and oxygen atoms in total. The Bertz CT molecular complexity index is 265. The van der Waals surface area contributed by atoms with Gasteiger partial charge in [0.05, 0.1) is 13.2 Å². The summed E-state index contributed by atoms with van der Waals surface area (Å²) in [6.07, 6.45) is 9.53. The third kappa shape index (κ3) is 6.71. The lowest BCUT2D eigenvalue weighted by Crippen LogP contribution is -2.45. The van der Waals surface area contributed by atoms with E-state index >= 15 is 0 Å². The summed E-state index contributed by atoms with van der Waals surface area (Å²) in [7, 11) is 0. The van der Waals surface area contributed by atoms with Crippen LogP contribution in [0.1, 0.15) is 65.2 Å². The van der Waals surface area contributed by atoms with Crippen LogP contribution in [0.25, 0.3) is 0 Å². The van der Waals surface area contributed by atoms with Gasteiger partial charge >= 0.3 is 0 Å². The van der Waals surface area contributed by atoms with Gasteiger partial charge in [0.1, 0.15) is 0 Å². The Hall–Kier alpha value is -0.610. The normalized spacial score (nSPS) is 17.6. The highest BCUT2D eigenvalue weighted by Gasteiger charge is 2.24. The van der Waals surface area contributed by atoms with Crippen molar-refractivity contribution in [2.75, 3.05) is 19.7 Å². The van der Waals surface area contributed by atoms with Crippen molar-refractivity contribution in [3.8, 4) is 0 Å². The van der Waals surface area contributed by atoms with E-state index in [9.17, 15) is 4.79 Å². The van der Waals surface area contributed by atoms with Crippen LogP contribution in [0.15, 0.2) is 0 Å². The van der Waals surface area contributed by atoms with Crippen LogP contribution in [0.3, 0.4) is 0 Å². The second kappa shape index (κ2) is 10.2. The maximum atomic E-state index is 12.1.